The number of rotatable bonds is 9. The molecule has 1 N–H and O–H groups in total. The molecule has 0 fully saturated rings. The fourth-order valence-electron chi connectivity index (χ4n) is 2.48. The van der Waals surface area contributed by atoms with Crippen LogP contribution in [-0.4, -0.2) is 26.0 Å². The van der Waals surface area contributed by atoms with Crippen LogP contribution in [0.5, 0.6) is 0 Å². The summed E-state index contributed by atoms with van der Waals surface area (Å²) in [6.45, 7) is 8.43. The third-order valence-electron chi connectivity index (χ3n) is 3.39. The van der Waals surface area contributed by atoms with Crippen molar-refractivity contribution in [3.63, 3.8) is 0 Å². The lowest BCUT2D eigenvalue weighted by Gasteiger charge is -2.28. The zero-order chi connectivity index (χ0) is 15.1. The van der Waals surface area contributed by atoms with Gasteiger partial charge in [-0.1, -0.05) is 25.1 Å². The maximum Gasteiger partial charge on any atom is 0.176 e. The summed E-state index contributed by atoms with van der Waals surface area (Å²) < 4.78 is 13.0. The van der Waals surface area contributed by atoms with E-state index in [1.807, 2.05) is 13.8 Å². The maximum absolute atomic E-state index is 5.84. The Labute approximate surface area is 131 Å². The van der Waals surface area contributed by atoms with Crippen molar-refractivity contribution in [2.24, 2.45) is 0 Å². The molecule has 0 aliphatic rings. The maximum atomic E-state index is 5.84. The molecule has 0 saturated heterocycles. The highest BCUT2D eigenvalue weighted by molar-refractivity contribution is 7.17. The van der Waals surface area contributed by atoms with Crippen LogP contribution >= 0.6 is 11.3 Å². The first kappa shape index (κ1) is 16.4. The minimum absolute atomic E-state index is 0.0622. The Morgan fingerprint density at radius 2 is 1.86 bits per heavy atom. The molecule has 1 aromatic carbocycles. The molecule has 0 aliphatic heterocycles. The van der Waals surface area contributed by atoms with E-state index in [-0.39, 0.29) is 12.3 Å². The number of fused-ring (bicyclic) bond motifs is 1. The molecule has 3 nitrogen and oxygen atoms in total. The third-order valence-corrected chi connectivity index (χ3v) is 4.37. The molecule has 0 spiro atoms. The largest absolute Gasteiger partial charge is 0.351 e. The molecule has 2 rings (SSSR count). The lowest BCUT2D eigenvalue weighted by molar-refractivity contribution is -0.155. The molecule has 0 aliphatic carbocycles. The van der Waals surface area contributed by atoms with Crippen LogP contribution in [0.1, 0.15) is 38.8 Å². The summed E-state index contributed by atoms with van der Waals surface area (Å²) in [6.07, 6.45) is 0.835. The molecule has 1 heterocycles. The van der Waals surface area contributed by atoms with Crippen LogP contribution in [0, 0.1) is 0 Å². The molecule has 4 heteroatoms. The predicted octanol–water partition coefficient (Wildman–Crippen LogP) is 4.34. The minimum atomic E-state index is -0.251. The molecule has 0 saturated carbocycles. The van der Waals surface area contributed by atoms with Crippen molar-refractivity contribution in [1.82, 2.24) is 5.32 Å². The van der Waals surface area contributed by atoms with Crippen molar-refractivity contribution >= 4 is 21.4 Å². The van der Waals surface area contributed by atoms with Crippen LogP contribution < -0.4 is 5.32 Å². The van der Waals surface area contributed by atoms with Gasteiger partial charge in [0, 0.05) is 17.9 Å². The van der Waals surface area contributed by atoms with Crippen LogP contribution in [0.15, 0.2) is 29.6 Å². The van der Waals surface area contributed by atoms with Gasteiger partial charge in [-0.25, -0.2) is 0 Å². The first-order chi connectivity index (χ1) is 10.3. The van der Waals surface area contributed by atoms with E-state index in [1.54, 1.807) is 11.3 Å². The van der Waals surface area contributed by atoms with Gasteiger partial charge in [0.25, 0.3) is 0 Å². The fraction of sp³-hybridized carbons (Fsp3) is 0.529. The fourth-order valence-corrected chi connectivity index (χ4v) is 3.44. The lowest BCUT2D eigenvalue weighted by atomic mass is 10.0. The first-order valence-electron chi connectivity index (χ1n) is 7.74. The summed E-state index contributed by atoms with van der Waals surface area (Å²) in [4.78, 5) is 0. The molecule has 2 aromatic rings. The highest BCUT2D eigenvalue weighted by Gasteiger charge is 2.25. The molecular formula is C17H25NO2S. The van der Waals surface area contributed by atoms with E-state index < -0.39 is 0 Å². The molecule has 116 valence electrons. The van der Waals surface area contributed by atoms with Crippen molar-refractivity contribution in [1.29, 1.82) is 0 Å². The number of hydrogen-bond donors (Lipinski definition) is 1. The molecule has 0 bridgehead atoms. The Hall–Kier alpha value is -0.940. The molecule has 1 atom stereocenters. The van der Waals surface area contributed by atoms with Gasteiger partial charge < -0.3 is 14.8 Å². The molecular weight excluding hydrogens is 282 g/mol. The van der Waals surface area contributed by atoms with Gasteiger partial charge in [0.15, 0.2) is 6.29 Å². The minimum Gasteiger partial charge on any atom is -0.351 e. The van der Waals surface area contributed by atoms with Crippen molar-refractivity contribution in [2.45, 2.75) is 39.5 Å². The quantitative estimate of drug-likeness (QED) is 0.699. The summed E-state index contributed by atoms with van der Waals surface area (Å²) in [5, 5.41) is 7.02. The second-order valence-corrected chi connectivity index (χ2v) is 5.81. The van der Waals surface area contributed by atoms with Gasteiger partial charge in [0.2, 0.25) is 0 Å². The number of ether oxygens (including phenoxy) is 2. The molecule has 0 amide bonds. The van der Waals surface area contributed by atoms with Gasteiger partial charge in [-0.05, 0) is 49.2 Å². The van der Waals surface area contributed by atoms with E-state index in [0.29, 0.717) is 13.2 Å². The van der Waals surface area contributed by atoms with Crippen molar-refractivity contribution < 1.29 is 9.47 Å². The zero-order valence-electron chi connectivity index (χ0n) is 13.1. The topological polar surface area (TPSA) is 30.5 Å². The number of nitrogens with one attached hydrogen (secondary N) is 1. The summed E-state index contributed by atoms with van der Waals surface area (Å²) >= 11 is 1.78. The zero-order valence-corrected chi connectivity index (χ0v) is 13.9. The highest BCUT2D eigenvalue weighted by atomic mass is 32.1. The monoisotopic (exact) mass is 307 g/mol. The van der Waals surface area contributed by atoms with Crippen LogP contribution in [0.25, 0.3) is 10.1 Å². The highest BCUT2D eigenvalue weighted by Crippen LogP contribution is 2.31. The van der Waals surface area contributed by atoms with Gasteiger partial charge in [-0.3, -0.25) is 0 Å². The third kappa shape index (κ3) is 4.04. The SMILES string of the molecule is CCCNC(c1cccc2ccsc12)C(OCC)OCC. The Morgan fingerprint density at radius 1 is 1.10 bits per heavy atom. The Kier molecular flexibility index (Phi) is 6.64. The second kappa shape index (κ2) is 8.49. The summed E-state index contributed by atoms with van der Waals surface area (Å²) in [5.41, 5.74) is 1.27. The van der Waals surface area contributed by atoms with Gasteiger partial charge in [-0.2, -0.15) is 0 Å². The molecule has 1 aromatic heterocycles. The summed E-state index contributed by atoms with van der Waals surface area (Å²) in [5.74, 6) is 0. The van der Waals surface area contributed by atoms with Gasteiger partial charge >= 0.3 is 0 Å². The molecule has 0 radical (unpaired) electrons. The number of benzene rings is 1. The van der Waals surface area contributed by atoms with Gasteiger partial charge in [-0.15, -0.1) is 11.3 Å². The van der Waals surface area contributed by atoms with Crippen LogP contribution in [-0.2, 0) is 9.47 Å². The molecule has 21 heavy (non-hydrogen) atoms. The lowest BCUT2D eigenvalue weighted by Crippen LogP contribution is -2.36. The Bertz CT molecular complexity index is 534. The van der Waals surface area contributed by atoms with E-state index in [0.717, 1.165) is 13.0 Å². The first-order valence-corrected chi connectivity index (χ1v) is 8.62. The van der Waals surface area contributed by atoms with Gasteiger partial charge in [0.05, 0.1) is 6.04 Å². The van der Waals surface area contributed by atoms with Crippen molar-refractivity contribution in [2.75, 3.05) is 19.8 Å². The van der Waals surface area contributed by atoms with Gasteiger partial charge in [0.1, 0.15) is 0 Å². The number of hydrogen-bond acceptors (Lipinski definition) is 4. The molecule has 1 unspecified atom stereocenters. The van der Waals surface area contributed by atoms with Crippen molar-refractivity contribution in [3.8, 4) is 0 Å². The average Bonchev–Trinajstić information content (AvgIpc) is 2.97. The van der Waals surface area contributed by atoms with E-state index in [4.69, 9.17) is 9.47 Å². The van der Waals surface area contributed by atoms with Crippen LogP contribution in [0.3, 0.4) is 0 Å². The summed E-state index contributed by atoms with van der Waals surface area (Å²) in [7, 11) is 0. The second-order valence-electron chi connectivity index (χ2n) is 4.90. The van der Waals surface area contributed by atoms with E-state index in [1.165, 1.54) is 15.6 Å². The average molecular weight is 307 g/mol. The van der Waals surface area contributed by atoms with Crippen molar-refractivity contribution in [3.05, 3.63) is 35.2 Å². The Morgan fingerprint density at radius 3 is 2.52 bits per heavy atom. The van der Waals surface area contributed by atoms with E-state index >= 15 is 0 Å². The van der Waals surface area contributed by atoms with Crippen LogP contribution in [0.4, 0.5) is 0 Å². The summed E-state index contributed by atoms with van der Waals surface area (Å²) in [6, 6.07) is 8.67. The smallest absolute Gasteiger partial charge is 0.176 e. The Balaban J connectivity index is 2.35. The van der Waals surface area contributed by atoms with E-state index in [2.05, 4.69) is 41.9 Å². The van der Waals surface area contributed by atoms with Crippen LogP contribution in [0.2, 0.25) is 0 Å². The normalized spacial score (nSPS) is 13.1. The number of thiophene rings is 1. The van der Waals surface area contributed by atoms with E-state index in [9.17, 15) is 0 Å². The predicted molar refractivity (Wildman–Crippen MR) is 89.9 cm³/mol. The standard InChI is InChI=1S/C17H25NO2S/c1-4-11-18-15(17(19-5-2)20-6-3)14-9-7-8-13-10-12-21-16(13)14/h7-10,12,15,17-18H,4-6,11H2,1-3H3.